The second kappa shape index (κ2) is 9.07. The molecule has 1 amide bonds. The molecule has 0 saturated carbocycles. The third-order valence-corrected chi connectivity index (χ3v) is 6.10. The van der Waals surface area contributed by atoms with Gasteiger partial charge in [-0.05, 0) is 37.8 Å². The summed E-state index contributed by atoms with van der Waals surface area (Å²) in [5, 5.41) is 4.07. The maximum Gasteiger partial charge on any atom is 0.262 e. The Morgan fingerprint density at radius 1 is 1.18 bits per heavy atom. The zero-order valence-corrected chi connectivity index (χ0v) is 16.6. The molecule has 8 heteroatoms. The van der Waals surface area contributed by atoms with Crippen molar-refractivity contribution < 1.29 is 14.3 Å². The highest BCUT2D eigenvalue weighted by Gasteiger charge is 2.21. The summed E-state index contributed by atoms with van der Waals surface area (Å²) < 4.78 is 12.9. The van der Waals surface area contributed by atoms with Crippen molar-refractivity contribution in [3.63, 3.8) is 0 Å². The van der Waals surface area contributed by atoms with Crippen molar-refractivity contribution in [2.75, 3.05) is 25.5 Å². The van der Waals surface area contributed by atoms with Crippen LogP contribution < -0.4 is 10.9 Å². The van der Waals surface area contributed by atoms with Gasteiger partial charge < -0.3 is 14.8 Å². The van der Waals surface area contributed by atoms with E-state index in [1.807, 2.05) is 18.2 Å². The van der Waals surface area contributed by atoms with Gasteiger partial charge in [0.05, 0.1) is 35.4 Å². The molecule has 1 aromatic carbocycles. The maximum atomic E-state index is 13.0. The molecule has 28 heavy (non-hydrogen) atoms. The third kappa shape index (κ3) is 4.56. The predicted molar refractivity (Wildman–Crippen MR) is 108 cm³/mol. The number of thioether (sulfide) groups is 1. The van der Waals surface area contributed by atoms with E-state index in [9.17, 15) is 9.59 Å². The van der Waals surface area contributed by atoms with Crippen LogP contribution in [0.1, 0.15) is 25.7 Å². The highest BCUT2D eigenvalue weighted by atomic mass is 32.2. The van der Waals surface area contributed by atoms with Crippen molar-refractivity contribution in [2.45, 2.75) is 49.6 Å². The van der Waals surface area contributed by atoms with Gasteiger partial charge in [-0.3, -0.25) is 14.2 Å². The van der Waals surface area contributed by atoms with Gasteiger partial charge in [-0.2, -0.15) is 0 Å². The first-order valence-corrected chi connectivity index (χ1v) is 10.8. The van der Waals surface area contributed by atoms with E-state index in [0.29, 0.717) is 29.1 Å². The highest BCUT2D eigenvalue weighted by molar-refractivity contribution is 7.99. The lowest BCUT2D eigenvalue weighted by Crippen LogP contribution is -2.33. The lowest BCUT2D eigenvalue weighted by atomic mass is 10.2. The van der Waals surface area contributed by atoms with Crippen LogP contribution in [0.15, 0.2) is 34.2 Å². The average molecular weight is 404 g/mol. The summed E-state index contributed by atoms with van der Waals surface area (Å²) in [6.45, 7) is 2.50. The Balaban J connectivity index is 1.49. The fourth-order valence-electron chi connectivity index (χ4n) is 3.62. The van der Waals surface area contributed by atoms with Crippen molar-refractivity contribution >= 4 is 28.6 Å². The van der Waals surface area contributed by atoms with Crippen LogP contribution in [0.25, 0.3) is 10.9 Å². The molecule has 0 unspecified atom stereocenters. The van der Waals surface area contributed by atoms with Gasteiger partial charge in [0.2, 0.25) is 5.91 Å². The second-order valence-electron chi connectivity index (χ2n) is 7.19. The molecule has 0 spiro atoms. The molecule has 1 aromatic heterocycles. The molecule has 2 aromatic rings. The van der Waals surface area contributed by atoms with E-state index in [-0.39, 0.29) is 29.4 Å². The lowest BCUT2D eigenvalue weighted by molar-refractivity contribution is -0.119. The number of benzene rings is 1. The summed E-state index contributed by atoms with van der Waals surface area (Å²) in [5.74, 6) is 0.134. The smallest absolute Gasteiger partial charge is 0.262 e. The Hall–Kier alpha value is -1.90. The minimum absolute atomic E-state index is 0.0216. The molecule has 2 atom stereocenters. The van der Waals surface area contributed by atoms with Crippen molar-refractivity contribution in [1.82, 2.24) is 14.9 Å². The lowest BCUT2D eigenvalue weighted by Gasteiger charge is -2.16. The largest absolute Gasteiger partial charge is 0.376 e. The molecule has 2 fully saturated rings. The van der Waals surface area contributed by atoms with E-state index < -0.39 is 0 Å². The van der Waals surface area contributed by atoms with Crippen LogP contribution in [-0.4, -0.2) is 53.2 Å². The minimum atomic E-state index is -0.0802. The number of nitrogens with one attached hydrogen (secondary N) is 1. The van der Waals surface area contributed by atoms with Crippen LogP contribution in [0.5, 0.6) is 0 Å². The van der Waals surface area contributed by atoms with Gasteiger partial charge in [-0.1, -0.05) is 23.9 Å². The number of carbonyl (C=O) groups is 1. The first-order valence-electron chi connectivity index (χ1n) is 9.83. The summed E-state index contributed by atoms with van der Waals surface area (Å²) in [6, 6.07) is 7.32. The molecule has 2 aliphatic heterocycles. The van der Waals surface area contributed by atoms with Crippen molar-refractivity contribution in [3.05, 3.63) is 34.6 Å². The molecule has 0 aliphatic carbocycles. The zero-order valence-electron chi connectivity index (χ0n) is 15.8. The van der Waals surface area contributed by atoms with Crippen LogP contribution in [0.2, 0.25) is 0 Å². The first kappa shape index (κ1) is 19.4. The van der Waals surface area contributed by atoms with Crippen LogP contribution in [-0.2, 0) is 20.8 Å². The van der Waals surface area contributed by atoms with Gasteiger partial charge in [0.25, 0.3) is 5.56 Å². The Bertz CT molecular complexity index is 889. The number of rotatable bonds is 7. The van der Waals surface area contributed by atoms with E-state index in [1.54, 1.807) is 10.6 Å². The Morgan fingerprint density at radius 2 is 1.93 bits per heavy atom. The zero-order chi connectivity index (χ0) is 19.3. The highest BCUT2D eigenvalue weighted by Crippen LogP contribution is 2.21. The van der Waals surface area contributed by atoms with Crippen LogP contribution in [0.4, 0.5) is 0 Å². The Labute approximate surface area is 167 Å². The van der Waals surface area contributed by atoms with Gasteiger partial charge in [-0.15, -0.1) is 0 Å². The number of amides is 1. The molecule has 2 aliphatic rings. The maximum absolute atomic E-state index is 13.0. The number of ether oxygens (including phenoxy) is 2. The predicted octanol–water partition coefficient (Wildman–Crippen LogP) is 1.96. The van der Waals surface area contributed by atoms with E-state index in [1.165, 1.54) is 11.8 Å². The van der Waals surface area contributed by atoms with Crippen LogP contribution in [0, 0.1) is 0 Å². The molecule has 3 heterocycles. The van der Waals surface area contributed by atoms with Crippen molar-refractivity contribution in [2.24, 2.45) is 0 Å². The van der Waals surface area contributed by atoms with Crippen molar-refractivity contribution in [1.29, 1.82) is 0 Å². The van der Waals surface area contributed by atoms with Gasteiger partial charge >= 0.3 is 0 Å². The molecule has 2 saturated heterocycles. The molecular weight excluding hydrogens is 378 g/mol. The van der Waals surface area contributed by atoms with E-state index >= 15 is 0 Å². The first-order chi connectivity index (χ1) is 13.7. The van der Waals surface area contributed by atoms with Gasteiger partial charge in [0.1, 0.15) is 0 Å². The number of hydrogen-bond acceptors (Lipinski definition) is 6. The van der Waals surface area contributed by atoms with Gasteiger partial charge in [0, 0.05) is 19.8 Å². The third-order valence-electron chi connectivity index (χ3n) is 5.12. The minimum Gasteiger partial charge on any atom is -0.376 e. The monoisotopic (exact) mass is 403 g/mol. The number of hydrogen-bond donors (Lipinski definition) is 1. The topological polar surface area (TPSA) is 82.5 Å². The number of carbonyl (C=O) groups excluding carboxylic acids is 1. The summed E-state index contributed by atoms with van der Waals surface area (Å²) in [6.07, 6.45) is 4.12. The van der Waals surface area contributed by atoms with Gasteiger partial charge in [0.15, 0.2) is 5.16 Å². The quantitative estimate of drug-likeness (QED) is 0.562. The fraction of sp³-hybridized carbons (Fsp3) is 0.550. The average Bonchev–Trinajstić information content (AvgIpc) is 3.41. The summed E-state index contributed by atoms with van der Waals surface area (Å²) in [5.41, 5.74) is 0.571. The number of nitrogens with zero attached hydrogens (tertiary/aromatic N) is 2. The molecule has 7 nitrogen and oxygen atoms in total. The molecule has 0 radical (unpaired) electrons. The molecule has 150 valence electrons. The van der Waals surface area contributed by atoms with Crippen LogP contribution in [0.3, 0.4) is 0 Å². The second-order valence-corrected chi connectivity index (χ2v) is 8.13. The van der Waals surface area contributed by atoms with Crippen LogP contribution >= 0.6 is 11.8 Å². The molecule has 4 rings (SSSR count). The van der Waals surface area contributed by atoms with Crippen molar-refractivity contribution in [3.8, 4) is 0 Å². The van der Waals surface area contributed by atoms with E-state index in [4.69, 9.17) is 9.47 Å². The number of aromatic nitrogens is 2. The standard InChI is InChI=1S/C20H25N3O4S/c24-18(21-11-14-5-3-9-26-14)13-28-20-22-17-8-2-1-7-16(17)19(25)23(20)12-15-6-4-10-27-15/h1-2,7-8,14-15H,3-6,9-13H2,(H,21,24)/t14-,15+/m1/s1. The molecule has 0 bridgehead atoms. The Morgan fingerprint density at radius 3 is 2.68 bits per heavy atom. The summed E-state index contributed by atoms with van der Waals surface area (Å²) >= 11 is 1.29. The van der Waals surface area contributed by atoms with E-state index in [2.05, 4.69) is 10.3 Å². The van der Waals surface area contributed by atoms with Gasteiger partial charge in [-0.25, -0.2) is 4.98 Å². The Kier molecular flexibility index (Phi) is 6.29. The SMILES string of the molecule is O=C(CSc1nc2ccccc2c(=O)n1C[C@@H]1CCCO1)NC[C@H]1CCCO1. The summed E-state index contributed by atoms with van der Waals surface area (Å²) in [4.78, 5) is 29.9. The van der Waals surface area contributed by atoms with E-state index in [0.717, 1.165) is 38.9 Å². The molecule has 1 N–H and O–H groups in total. The number of fused-ring (bicyclic) bond motifs is 1. The fourth-order valence-corrected chi connectivity index (χ4v) is 4.46. The summed E-state index contributed by atoms with van der Waals surface area (Å²) in [7, 11) is 0. The normalized spacial score (nSPS) is 22.0. The number of para-hydroxylation sites is 1. The molecular formula is C20H25N3O4S.